The smallest absolute Gasteiger partial charge is 0.243 e. The molecule has 1 aliphatic rings. The van der Waals surface area contributed by atoms with Gasteiger partial charge >= 0.3 is 0 Å². The quantitative estimate of drug-likeness (QED) is 0.651. The number of aromatic nitrogens is 2. The zero-order valence-corrected chi connectivity index (χ0v) is 12.1. The summed E-state index contributed by atoms with van der Waals surface area (Å²) >= 11 is 0. The first-order valence-corrected chi connectivity index (χ1v) is 8.27. The van der Waals surface area contributed by atoms with Crippen molar-refractivity contribution in [2.45, 2.75) is 37.1 Å². The zero-order valence-electron chi connectivity index (χ0n) is 11.3. The highest BCUT2D eigenvalue weighted by atomic mass is 32.2. The maximum atomic E-state index is 12.0. The summed E-state index contributed by atoms with van der Waals surface area (Å²) in [5, 5.41) is 7.13. The van der Waals surface area contributed by atoms with Crippen molar-refractivity contribution < 1.29 is 8.42 Å². The second-order valence-electron chi connectivity index (χ2n) is 5.03. The summed E-state index contributed by atoms with van der Waals surface area (Å²) in [6, 6.07) is 0. The molecule has 0 atom stereocenters. The van der Waals surface area contributed by atoms with Gasteiger partial charge in [-0.3, -0.25) is 4.68 Å². The summed E-state index contributed by atoms with van der Waals surface area (Å²) in [4.78, 5) is 0.257. The Morgan fingerprint density at radius 3 is 2.89 bits per heavy atom. The van der Waals surface area contributed by atoms with E-state index in [0.29, 0.717) is 6.54 Å². The van der Waals surface area contributed by atoms with Crippen molar-refractivity contribution in [3.05, 3.63) is 12.4 Å². The first kappa shape index (κ1) is 14.5. The number of sulfonamides is 1. The number of aryl methyl sites for hydroxylation is 1. The Morgan fingerprint density at radius 1 is 1.42 bits per heavy atom. The van der Waals surface area contributed by atoms with E-state index < -0.39 is 10.0 Å². The van der Waals surface area contributed by atoms with Crippen LogP contribution in [0.15, 0.2) is 17.3 Å². The first-order valence-electron chi connectivity index (χ1n) is 6.78. The minimum Gasteiger partial charge on any atom is -0.320 e. The lowest BCUT2D eigenvalue weighted by atomic mass is 10.3. The molecule has 0 bridgehead atoms. The molecule has 1 aromatic heterocycles. The number of hydrogen-bond donors (Lipinski definition) is 2. The predicted octanol–water partition coefficient (Wildman–Crippen LogP) is 0.571. The molecule has 7 heteroatoms. The molecule has 0 saturated heterocycles. The van der Waals surface area contributed by atoms with E-state index in [4.69, 9.17) is 0 Å². The molecule has 1 aromatic rings. The Labute approximate surface area is 114 Å². The molecule has 0 radical (unpaired) electrons. The molecule has 1 heterocycles. The van der Waals surface area contributed by atoms with E-state index >= 15 is 0 Å². The monoisotopic (exact) mass is 286 g/mol. The van der Waals surface area contributed by atoms with Crippen molar-refractivity contribution in [3.8, 4) is 0 Å². The second-order valence-corrected chi connectivity index (χ2v) is 6.79. The van der Waals surface area contributed by atoms with E-state index in [9.17, 15) is 8.42 Å². The first-order chi connectivity index (χ1) is 9.12. The van der Waals surface area contributed by atoms with Gasteiger partial charge in [0.25, 0.3) is 0 Å². The second kappa shape index (κ2) is 6.49. The van der Waals surface area contributed by atoms with Gasteiger partial charge in [0, 0.05) is 19.3 Å². The average molecular weight is 286 g/mol. The van der Waals surface area contributed by atoms with E-state index in [0.717, 1.165) is 31.8 Å². The fourth-order valence-corrected chi connectivity index (χ4v) is 2.91. The van der Waals surface area contributed by atoms with Crippen LogP contribution < -0.4 is 10.0 Å². The van der Waals surface area contributed by atoms with E-state index in [1.807, 2.05) is 7.05 Å². The molecule has 1 fully saturated rings. The van der Waals surface area contributed by atoms with Crippen molar-refractivity contribution in [3.63, 3.8) is 0 Å². The lowest BCUT2D eigenvalue weighted by Crippen LogP contribution is -2.24. The van der Waals surface area contributed by atoms with Crippen LogP contribution in [0.5, 0.6) is 0 Å². The lowest BCUT2D eigenvalue weighted by molar-refractivity contribution is 0.559. The van der Waals surface area contributed by atoms with E-state index in [2.05, 4.69) is 15.1 Å². The zero-order chi connectivity index (χ0) is 13.7. The van der Waals surface area contributed by atoms with Gasteiger partial charge < -0.3 is 5.32 Å². The molecule has 2 rings (SSSR count). The van der Waals surface area contributed by atoms with Crippen molar-refractivity contribution in [2.75, 3.05) is 20.1 Å². The highest BCUT2D eigenvalue weighted by molar-refractivity contribution is 7.89. The fraction of sp³-hybridized carbons (Fsp3) is 0.750. The minimum absolute atomic E-state index is 0.257. The third kappa shape index (κ3) is 4.59. The standard InChI is InChI=1S/C12H22N4O2S/c1-13-6-2-8-16-10-12(9-14-16)19(17,18)15-7-5-11-3-4-11/h9-11,13,15H,2-8H2,1H3. The lowest BCUT2D eigenvalue weighted by Gasteiger charge is -2.03. The molecule has 0 unspecified atom stereocenters. The normalized spacial score (nSPS) is 15.8. The van der Waals surface area contributed by atoms with Crippen molar-refractivity contribution in [1.82, 2.24) is 19.8 Å². The highest BCUT2D eigenvalue weighted by Crippen LogP contribution is 2.31. The van der Waals surface area contributed by atoms with Crippen LogP contribution in [0.3, 0.4) is 0 Å². The number of nitrogens with one attached hydrogen (secondary N) is 2. The number of hydrogen-bond acceptors (Lipinski definition) is 4. The van der Waals surface area contributed by atoms with Gasteiger partial charge in [-0.2, -0.15) is 5.10 Å². The van der Waals surface area contributed by atoms with Crippen LogP contribution in [0.25, 0.3) is 0 Å². The Balaban J connectivity index is 1.84. The van der Waals surface area contributed by atoms with Gasteiger partial charge in [-0.25, -0.2) is 13.1 Å². The SMILES string of the molecule is CNCCCn1cc(S(=O)(=O)NCCC2CC2)cn1. The number of nitrogens with zero attached hydrogens (tertiary/aromatic N) is 2. The molecule has 0 spiro atoms. The molecular formula is C12H22N4O2S. The van der Waals surface area contributed by atoms with Gasteiger partial charge in [-0.15, -0.1) is 0 Å². The number of rotatable bonds is 9. The van der Waals surface area contributed by atoms with E-state index in [1.165, 1.54) is 19.0 Å². The molecule has 0 amide bonds. The van der Waals surface area contributed by atoms with Crippen LogP contribution in [-0.2, 0) is 16.6 Å². The maximum Gasteiger partial charge on any atom is 0.243 e. The summed E-state index contributed by atoms with van der Waals surface area (Å²) < 4.78 is 28.3. The van der Waals surface area contributed by atoms with Crippen molar-refractivity contribution >= 4 is 10.0 Å². The molecule has 1 aliphatic carbocycles. The van der Waals surface area contributed by atoms with Crippen LogP contribution in [0.2, 0.25) is 0 Å². The summed E-state index contributed by atoms with van der Waals surface area (Å²) in [6.45, 7) is 2.14. The van der Waals surface area contributed by atoms with Crippen LogP contribution >= 0.6 is 0 Å². The Morgan fingerprint density at radius 2 is 2.21 bits per heavy atom. The van der Waals surface area contributed by atoms with E-state index in [-0.39, 0.29) is 4.90 Å². The van der Waals surface area contributed by atoms with Gasteiger partial charge in [0.2, 0.25) is 10.0 Å². The molecule has 6 nitrogen and oxygen atoms in total. The van der Waals surface area contributed by atoms with Crippen molar-refractivity contribution in [2.24, 2.45) is 5.92 Å². The van der Waals surface area contributed by atoms with Crippen LogP contribution in [0.4, 0.5) is 0 Å². The third-order valence-electron chi connectivity index (χ3n) is 3.28. The molecule has 2 N–H and O–H groups in total. The van der Waals surface area contributed by atoms with Crippen LogP contribution in [0, 0.1) is 5.92 Å². The molecule has 108 valence electrons. The molecule has 0 aliphatic heterocycles. The summed E-state index contributed by atoms with van der Waals surface area (Å²) in [6.07, 6.45) is 7.35. The van der Waals surface area contributed by atoms with Gasteiger partial charge in [0.15, 0.2) is 0 Å². The van der Waals surface area contributed by atoms with Gasteiger partial charge in [-0.05, 0) is 32.4 Å². The Kier molecular flexibility index (Phi) is 4.95. The fourth-order valence-electron chi connectivity index (χ4n) is 1.91. The highest BCUT2D eigenvalue weighted by Gasteiger charge is 2.22. The molecular weight excluding hydrogens is 264 g/mol. The summed E-state index contributed by atoms with van der Waals surface area (Å²) in [5.41, 5.74) is 0. The third-order valence-corrected chi connectivity index (χ3v) is 4.69. The molecule has 1 saturated carbocycles. The van der Waals surface area contributed by atoms with Gasteiger partial charge in [0.1, 0.15) is 4.90 Å². The topological polar surface area (TPSA) is 76.0 Å². The Hall–Kier alpha value is -0.920. The van der Waals surface area contributed by atoms with Gasteiger partial charge in [-0.1, -0.05) is 12.8 Å². The molecule has 0 aromatic carbocycles. The summed E-state index contributed by atoms with van der Waals surface area (Å²) in [5.74, 6) is 0.729. The van der Waals surface area contributed by atoms with Crippen LogP contribution in [0.1, 0.15) is 25.7 Å². The predicted molar refractivity (Wildman–Crippen MR) is 73.3 cm³/mol. The largest absolute Gasteiger partial charge is 0.320 e. The Bertz CT molecular complexity index is 494. The van der Waals surface area contributed by atoms with Gasteiger partial charge in [0.05, 0.1) is 6.20 Å². The molecule has 19 heavy (non-hydrogen) atoms. The average Bonchev–Trinajstić information content (AvgIpc) is 3.05. The van der Waals surface area contributed by atoms with Crippen molar-refractivity contribution in [1.29, 1.82) is 0 Å². The summed E-state index contributed by atoms with van der Waals surface area (Å²) in [7, 11) is -1.50. The van der Waals surface area contributed by atoms with E-state index in [1.54, 1.807) is 10.9 Å². The van der Waals surface area contributed by atoms with Crippen LogP contribution in [-0.4, -0.2) is 38.3 Å². The minimum atomic E-state index is -3.39. The maximum absolute atomic E-state index is 12.0.